The average molecular weight is 264 g/mol. The van der Waals surface area contributed by atoms with Gasteiger partial charge in [0.1, 0.15) is 11.4 Å². The van der Waals surface area contributed by atoms with Gasteiger partial charge in [0.2, 0.25) is 0 Å². The van der Waals surface area contributed by atoms with Crippen LogP contribution in [0.25, 0.3) is 15.2 Å². The number of thiazole rings is 1. The Morgan fingerprint density at radius 3 is 2.94 bits per heavy atom. The molecular weight excluding hydrogens is 259 g/mol. The van der Waals surface area contributed by atoms with Gasteiger partial charge < -0.3 is 5.11 Å². The number of nitrogens with zero attached hydrogens (tertiary/aromatic N) is 2. The van der Waals surface area contributed by atoms with Crippen LogP contribution in [0.3, 0.4) is 0 Å². The highest BCUT2D eigenvalue weighted by atomic mass is 32.1. The smallest absolute Gasteiger partial charge is 0.342 e. The zero-order chi connectivity index (χ0) is 12.9. The highest BCUT2D eigenvalue weighted by Crippen LogP contribution is 2.24. The minimum atomic E-state index is -1.33. The lowest BCUT2D eigenvalue weighted by Crippen LogP contribution is -2.21. The maximum absolute atomic E-state index is 13.1. The lowest BCUT2D eigenvalue weighted by molar-refractivity contribution is 0.0694. The summed E-state index contributed by atoms with van der Waals surface area (Å²) in [5, 5.41) is 8.87. The van der Waals surface area contributed by atoms with E-state index < -0.39 is 22.9 Å². The van der Waals surface area contributed by atoms with Crippen molar-refractivity contribution in [3.8, 4) is 0 Å². The van der Waals surface area contributed by atoms with E-state index in [4.69, 9.17) is 5.11 Å². The van der Waals surface area contributed by atoms with Crippen molar-refractivity contribution in [3.63, 3.8) is 0 Å². The quantitative estimate of drug-likeness (QED) is 0.726. The number of carbonyl (C=O) groups is 1. The molecule has 18 heavy (non-hydrogen) atoms. The van der Waals surface area contributed by atoms with Gasteiger partial charge in [0.25, 0.3) is 5.56 Å². The molecule has 0 bridgehead atoms. The Kier molecular flexibility index (Phi) is 2.17. The monoisotopic (exact) mass is 264 g/mol. The van der Waals surface area contributed by atoms with Gasteiger partial charge in [-0.15, -0.1) is 0 Å². The number of hydrogen-bond acceptors (Lipinski definition) is 4. The molecule has 0 aliphatic heterocycles. The summed E-state index contributed by atoms with van der Waals surface area (Å²) in [5.41, 5.74) is -0.612. The van der Waals surface area contributed by atoms with E-state index in [2.05, 4.69) is 4.98 Å². The SMILES string of the molecule is O=C(O)c1cnc2sc3cc(F)ccc3n2c1=O. The fraction of sp³-hybridized carbons (Fsp3) is 0. The van der Waals surface area contributed by atoms with Crippen molar-refractivity contribution >= 4 is 32.5 Å². The molecule has 0 unspecified atom stereocenters. The molecule has 0 fully saturated rings. The van der Waals surface area contributed by atoms with Crippen molar-refractivity contribution < 1.29 is 14.3 Å². The predicted octanol–water partition coefficient (Wildman–Crippen LogP) is 1.75. The van der Waals surface area contributed by atoms with Crippen LogP contribution in [0.4, 0.5) is 4.39 Å². The molecule has 2 aromatic heterocycles. The topological polar surface area (TPSA) is 71.7 Å². The summed E-state index contributed by atoms with van der Waals surface area (Å²) >= 11 is 1.13. The summed E-state index contributed by atoms with van der Waals surface area (Å²) < 4.78 is 14.8. The Balaban J connectivity index is 2.54. The van der Waals surface area contributed by atoms with Crippen molar-refractivity contribution in [1.29, 1.82) is 0 Å². The molecule has 0 saturated heterocycles. The molecule has 0 aliphatic carbocycles. The van der Waals surface area contributed by atoms with Gasteiger partial charge in [-0.3, -0.25) is 9.20 Å². The molecular formula is C11H5FN2O3S. The fourth-order valence-corrected chi connectivity index (χ4v) is 2.73. The second kappa shape index (κ2) is 3.61. The molecule has 0 aliphatic rings. The van der Waals surface area contributed by atoms with Crippen LogP contribution in [0, 0.1) is 5.82 Å². The summed E-state index contributed by atoms with van der Waals surface area (Å²) in [7, 11) is 0. The van der Waals surface area contributed by atoms with Gasteiger partial charge in [-0.2, -0.15) is 0 Å². The van der Waals surface area contributed by atoms with E-state index in [9.17, 15) is 14.0 Å². The Hall–Kier alpha value is -2.28. The number of benzene rings is 1. The van der Waals surface area contributed by atoms with E-state index in [0.29, 0.717) is 15.2 Å². The standard InChI is InChI=1S/C11H5FN2O3S/c12-5-1-2-7-8(3-5)18-11-13-4-6(10(16)17)9(15)14(7)11/h1-4H,(H,16,17). The van der Waals surface area contributed by atoms with E-state index in [0.717, 1.165) is 17.5 Å². The number of rotatable bonds is 1. The third kappa shape index (κ3) is 1.41. The van der Waals surface area contributed by atoms with Gasteiger partial charge in [-0.05, 0) is 18.2 Å². The third-order valence-electron chi connectivity index (χ3n) is 2.52. The highest BCUT2D eigenvalue weighted by Gasteiger charge is 2.15. The maximum Gasteiger partial charge on any atom is 0.342 e. The van der Waals surface area contributed by atoms with Crippen molar-refractivity contribution in [2.75, 3.05) is 0 Å². The minimum absolute atomic E-state index is 0.339. The summed E-state index contributed by atoms with van der Waals surface area (Å²) in [5.74, 6) is -1.75. The zero-order valence-corrected chi connectivity index (χ0v) is 9.57. The van der Waals surface area contributed by atoms with Gasteiger partial charge in [0.05, 0.1) is 16.4 Å². The fourth-order valence-electron chi connectivity index (χ4n) is 1.72. The number of fused-ring (bicyclic) bond motifs is 3. The molecule has 0 spiro atoms. The second-order valence-corrected chi connectivity index (χ2v) is 4.62. The molecule has 3 aromatic rings. The molecule has 5 nitrogen and oxygen atoms in total. The molecule has 0 amide bonds. The van der Waals surface area contributed by atoms with Crippen molar-refractivity contribution in [2.45, 2.75) is 0 Å². The van der Waals surface area contributed by atoms with Crippen molar-refractivity contribution in [1.82, 2.24) is 9.38 Å². The molecule has 2 heterocycles. The van der Waals surface area contributed by atoms with E-state index in [-0.39, 0.29) is 0 Å². The van der Waals surface area contributed by atoms with Gasteiger partial charge in [0.15, 0.2) is 4.96 Å². The third-order valence-corrected chi connectivity index (χ3v) is 3.54. The molecule has 3 rings (SSSR count). The van der Waals surface area contributed by atoms with E-state index in [1.54, 1.807) is 0 Å². The number of carboxylic acids is 1. The summed E-state index contributed by atoms with van der Waals surface area (Å²) in [6.07, 6.45) is 1.02. The largest absolute Gasteiger partial charge is 0.477 e. The van der Waals surface area contributed by atoms with Gasteiger partial charge in [-0.1, -0.05) is 11.3 Å². The summed E-state index contributed by atoms with van der Waals surface area (Å²) in [4.78, 5) is 27.1. The van der Waals surface area contributed by atoms with Gasteiger partial charge in [0, 0.05) is 0 Å². The predicted molar refractivity (Wildman–Crippen MR) is 63.8 cm³/mol. The van der Waals surface area contributed by atoms with Gasteiger partial charge >= 0.3 is 5.97 Å². The molecule has 0 atom stereocenters. The van der Waals surface area contributed by atoms with Crippen LogP contribution >= 0.6 is 11.3 Å². The molecule has 0 saturated carbocycles. The minimum Gasteiger partial charge on any atom is -0.477 e. The van der Waals surface area contributed by atoms with Crippen LogP contribution in [-0.2, 0) is 0 Å². The number of hydrogen-bond donors (Lipinski definition) is 1. The van der Waals surface area contributed by atoms with Gasteiger partial charge in [-0.25, -0.2) is 14.2 Å². The Labute approximate surface area is 103 Å². The Morgan fingerprint density at radius 2 is 2.22 bits per heavy atom. The summed E-state index contributed by atoms with van der Waals surface area (Å²) in [6, 6.07) is 3.94. The van der Waals surface area contributed by atoms with Crippen LogP contribution in [0.2, 0.25) is 0 Å². The lowest BCUT2D eigenvalue weighted by Gasteiger charge is -1.96. The number of aromatic carboxylic acids is 1. The first-order valence-corrected chi connectivity index (χ1v) is 5.72. The average Bonchev–Trinajstić information content (AvgIpc) is 2.66. The summed E-state index contributed by atoms with van der Waals surface area (Å²) in [6.45, 7) is 0. The lowest BCUT2D eigenvalue weighted by atomic mass is 10.3. The Bertz CT molecular complexity index is 852. The molecule has 0 radical (unpaired) electrons. The maximum atomic E-state index is 13.1. The first-order valence-electron chi connectivity index (χ1n) is 4.91. The highest BCUT2D eigenvalue weighted by molar-refractivity contribution is 7.23. The first-order chi connectivity index (χ1) is 8.58. The molecule has 1 N–H and O–H groups in total. The van der Waals surface area contributed by atoms with E-state index in [1.807, 2.05) is 0 Å². The van der Waals surface area contributed by atoms with Crippen LogP contribution in [0.1, 0.15) is 10.4 Å². The van der Waals surface area contributed by atoms with E-state index >= 15 is 0 Å². The van der Waals surface area contributed by atoms with Crippen molar-refractivity contribution in [3.05, 3.63) is 46.1 Å². The van der Waals surface area contributed by atoms with Crippen molar-refractivity contribution in [2.24, 2.45) is 0 Å². The van der Waals surface area contributed by atoms with Crippen LogP contribution in [0.15, 0.2) is 29.2 Å². The van der Waals surface area contributed by atoms with Crippen LogP contribution in [-0.4, -0.2) is 20.5 Å². The Morgan fingerprint density at radius 1 is 1.44 bits per heavy atom. The second-order valence-electron chi connectivity index (χ2n) is 3.61. The number of halogens is 1. The van der Waals surface area contributed by atoms with Crippen LogP contribution in [0.5, 0.6) is 0 Å². The normalized spacial score (nSPS) is 11.2. The molecule has 7 heteroatoms. The zero-order valence-electron chi connectivity index (χ0n) is 8.75. The number of carboxylic acid groups (broad SMARTS) is 1. The number of aromatic nitrogens is 2. The van der Waals surface area contributed by atoms with Crippen LogP contribution < -0.4 is 5.56 Å². The first kappa shape index (κ1) is 10.8. The van der Waals surface area contributed by atoms with E-state index in [1.165, 1.54) is 22.6 Å². The molecule has 90 valence electrons. The molecule has 1 aromatic carbocycles.